The minimum absolute atomic E-state index is 0. The van der Waals surface area contributed by atoms with E-state index in [9.17, 15) is 0 Å². The van der Waals surface area contributed by atoms with Gasteiger partial charge in [-0.15, -0.1) is 0 Å². The van der Waals surface area contributed by atoms with E-state index in [0.717, 1.165) is 8.55 Å². The van der Waals surface area contributed by atoms with Crippen molar-refractivity contribution in [1.82, 2.24) is 0 Å². The van der Waals surface area contributed by atoms with Crippen LogP contribution in [0.25, 0.3) is 0 Å². The standard InChI is InChI=1S/2C5H5.C2H11Si3.CH3.Zr/c2*1-2-4-5-3-1;1-3-5-4-2;;/h2*1-5H;5H,3-4H2,1-2H3;1H3;/q2*-1;;-1;+3. The molecule has 0 saturated carbocycles. The first-order valence-corrected chi connectivity index (χ1v) is 14.9. The van der Waals surface area contributed by atoms with Crippen molar-refractivity contribution in [1.29, 1.82) is 0 Å². The molecule has 0 saturated heterocycles. The number of hydrogen-bond acceptors (Lipinski definition) is 0. The average molecular weight is 356 g/mol. The predicted molar refractivity (Wildman–Crippen MR) is 86.4 cm³/mol. The SMILES string of the molecule is C[SiH2][SiH][SiH2]C.[CH3-].[Zr+3].c1cc[cH-]c1.c1cc[cH-]c1. The molecule has 0 fully saturated rings. The molecule has 2 aromatic carbocycles. The van der Waals surface area contributed by atoms with Crippen LogP contribution in [-0.4, -0.2) is 26.6 Å². The summed E-state index contributed by atoms with van der Waals surface area (Å²) in [6, 6.07) is 20.0. The van der Waals surface area contributed by atoms with E-state index in [4.69, 9.17) is 0 Å². The van der Waals surface area contributed by atoms with Crippen LogP contribution in [0.15, 0.2) is 60.7 Å². The third-order valence-electron chi connectivity index (χ3n) is 1.69. The van der Waals surface area contributed by atoms with Gasteiger partial charge in [-0.1, -0.05) is 13.1 Å². The van der Waals surface area contributed by atoms with E-state index in [0.29, 0.717) is 18.1 Å². The van der Waals surface area contributed by atoms with Crippen LogP contribution in [0.1, 0.15) is 0 Å². The zero-order valence-corrected chi connectivity index (χ0v) is 17.7. The van der Waals surface area contributed by atoms with Crippen LogP contribution in [0.3, 0.4) is 0 Å². The molecule has 0 atom stereocenters. The van der Waals surface area contributed by atoms with Gasteiger partial charge in [0.2, 0.25) is 0 Å². The Morgan fingerprint density at radius 1 is 0.765 bits per heavy atom. The monoisotopic (exact) mass is 354 g/mol. The van der Waals surface area contributed by atoms with Gasteiger partial charge in [-0.3, -0.25) is 0 Å². The van der Waals surface area contributed by atoms with E-state index in [1.807, 2.05) is 60.7 Å². The molecule has 0 heterocycles. The van der Waals surface area contributed by atoms with E-state index in [-0.39, 0.29) is 33.6 Å². The molecule has 0 unspecified atom stereocenters. The van der Waals surface area contributed by atoms with Crippen LogP contribution in [0.5, 0.6) is 0 Å². The molecule has 92 valence electrons. The van der Waals surface area contributed by atoms with Crippen molar-refractivity contribution in [3.63, 3.8) is 0 Å². The molecule has 0 bridgehead atoms. The van der Waals surface area contributed by atoms with Crippen LogP contribution in [-0.2, 0) is 26.2 Å². The zero-order valence-electron chi connectivity index (χ0n) is 11.3. The van der Waals surface area contributed by atoms with E-state index < -0.39 is 0 Å². The average Bonchev–Trinajstić information content (AvgIpc) is 2.99. The Bertz CT molecular complexity index is 191. The van der Waals surface area contributed by atoms with Gasteiger partial charge in [0.15, 0.2) is 0 Å². The van der Waals surface area contributed by atoms with Gasteiger partial charge >= 0.3 is 26.2 Å². The molecule has 2 aromatic rings. The Kier molecular flexibility index (Phi) is 28.4. The molecule has 2 radical (unpaired) electrons. The minimum Gasteiger partial charge on any atom is -0.358 e. The van der Waals surface area contributed by atoms with Crippen LogP contribution in [0.4, 0.5) is 0 Å². The fraction of sp³-hybridized carbons (Fsp3) is 0.154. The quantitative estimate of drug-likeness (QED) is 0.570. The van der Waals surface area contributed by atoms with Gasteiger partial charge < -0.3 is 7.43 Å². The molecule has 0 nitrogen and oxygen atoms in total. The molecule has 0 amide bonds. The first kappa shape index (κ1) is 22.4. The molecule has 0 N–H and O–H groups in total. The Balaban J connectivity index is -0.000000163. The third-order valence-corrected chi connectivity index (χ3v) is 16.7. The first-order chi connectivity index (χ1) is 7.41. The van der Waals surface area contributed by atoms with Crippen molar-refractivity contribution in [2.24, 2.45) is 0 Å². The fourth-order valence-corrected chi connectivity index (χ4v) is 8.44. The summed E-state index contributed by atoms with van der Waals surface area (Å²) < 4.78 is 0. The predicted octanol–water partition coefficient (Wildman–Crippen LogP) is 1.95. The van der Waals surface area contributed by atoms with E-state index in [1.165, 1.54) is 0 Å². The number of rotatable bonds is 2. The number of hydrogen-bond donors (Lipinski definition) is 0. The van der Waals surface area contributed by atoms with Gasteiger partial charge in [-0.2, -0.15) is 36.4 Å². The summed E-state index contributed by atoms with van der Waals surface area (Å²) in [4.78, 5) is 0. The summed E-state index contributed by atoms with van der Waals surface area (Å²) in [5, 5.41) is 0. The summed E-state index contributed by atoms with van der Waals surface area (Å²) in [6.07, 6.45) is 0. The summed E-state index contributed by atoms with van der Waals surface area (Å²) in [6.45, 7) is 4.84. The maximum Gasteiger partial charge on any atom is 3.00 e. The summed E-state index contributed by atoms with van der Waals surface area (Å²) in [5.74, 6) is 0. The Labute approximate surface area is 133 Å². The van der Waals surface area contributed by atoms with Crippen molar-refractivity contribution in [3.05, 3.63) is 68.1 Å². The second-order valence-corrected chi connectivity index (χ2v) is 17.1. The van der Waals surface area contributed by atoms with E-state index >= 15 is 0 Å². The molecule has 4 heteroatoms. The zero-order chi connectivity index (χ0) is 11.2. The Morgan fingerprint density at radius 3 is 1.12 bits per heavy atom. The second-order valence-electron chi connectivity index (χ2n) is 3.03. The van der Waals surface area contributed by atoms with E-state index in [2.05, 4.69) is 13.1 Å². The Hall–Kier alpha value is 0.234. The van der Waals surface area contributed by atoms with Crippen molar-refractivity contribution < 1.29 is 26.2 Å². The van der Waals surface area contributed by atoms with Crippen LogP contribution in [0.2, 0.25) is 13.1 Å². The molecule has 0 aliphatic rings. The van der Waals surface area contributed by atoms with Crippen LogP contribution in [0, 0.1) is 7.43 Å². The van der Waals surface area contributed by atoms with Crippen molar-refractivity contribution >= 4 is 26.6 Å². The normalized spacial score (nSPS) is 8.59. The third kappa shape index (κ3) is 22.0. The second kappa shape index (κ2) is 21.5. The topological polar surface area (TPSA) is 0 Å². The van der Waals surface area contributed by atoms with Crippen molar-refractivity contribution in [2.75, 3.05) is 0 Å². The Morgan fingerprint density at radius 2 is 1.06 bits per heavy atom. The van der Waals surface area contributed by atoms with Crippen molar-refractivity contribution in [2.45, 2.75) is 13.1 Å². The fourth-order valence-electron chi connectivity index (χ4n) is 0.930. The molecule has 0 aliphatic heterocycles. The molecule has 0 aliphatic carbocycles. The summed E-state index contributed by atoms with van der Waals surface area (Å²) >= 11 is 0. The molecular formula is C13H24Si3Zr. The van der Waals surface area contributed by atoms with Crippen LogP contribution < -0.4 is 0 Å². The van der Waals surface area contributed by atoms with Crippen LogP contribution >= 0.6 is 0 Å². The van der Waals surface area contributed by atoms with Gasteiger partial charge in [0.05, 0.1) is 0 Å². The largest absolute Gasteiger partial charge is 3.00 e. The summed E-state index contributed by atoms with van der Waals surface area (Å²) in [5.41, 5.74) is 0. The van der Waals surface area contributed by atoms with Gasteiger partial charge in [0.25, 0.3) is 0 Å². The maximum atomic E-state index is 2.42. The molecule has 2 rings (SSSR count). The maximum absolute atomic E-state index is 2.42. The summed E-state index contributed by atoms with van der Waals surface area (Å²) in [7, 11) is 2.21. The van der Waals surface area contributed by atoms with E-state index in [1.54, 1.807) is 0 Å². The molecule has 17 heavy (non-hydrogen) atoms. The smallest absolute Gasteiger partial charge is 0.358 e. The van der Waals surface area contributed by atoms with Gasteiger partial charge in [-0.25, -0.2) is 24.3 Å². The first-order valence-electron chi connectivity index (χ1n) is 5.56. The van der Waals surface area contributed by atoms with Crippen molar-refractivity contribution in [3.8, 4) is 0 Å². The van der Waals surface area contributed by atoms with Gasteiger partial charge in [0, 0.05) is 26.6 Å². The van der Waals surface area contributed by atoms with Gasteiger partial charge in [0.1, 0.15) is 0 Å². The molecular weight excluding hydrogens is 332 g/mol. The molecule has 0 spiro atoms. The minimum atomic E-state index is 0. The molecule has 0 aromatic heterocycles. The van der Waals surface area contributed by atoms with Gasteiger partial charge in [-0.05, 0) is 0 Å².